The number of ether oxygens (including phenoxy) is 1. The molecule has 3 atom stereocenters. The molecule has 4 heteroatoms. The molecule has 0 bridgehead atoms. The average molecular weight is 258 g/mol. The van der Waals surface area contributed by atoms with Crippen LogP contribution in [0, 0.1) is 11.8 Å². The van der Waals surface area contributed by atoms with Crippen LogP contribution < -0.4 is 0 Å². The lowest BCUT2D eigenvalue weighted by molar-refractivity contribution is -0.149. The standard InChI is InChI=1S/C14H26O4/c1-9(12(16)11(3)8-15)7-10(2)13(17)18-14(4,5)6/h7,9,11-12,15-16H,8H2,1-6H3/b10-7+/t9-,11+,12-/m0/s1. The van der Waals surface area contributed by atoms with Crippen molar-refractivity contribution >= 4 is 5.97 Å². The Balaban J connectivity index is 4.62. The van der Waals surface area contributed by atoms with Crippen LogP contribution in [0.25, 0.3) is 0 Å². The predicted octanol–water partition coefficient (Wildman–Crippen LogP) is 1.90. The summed E-state index contributed by atoms with van der Waals surface area (Å²) in [6.07, 6.45) is 1.01. The third-order valence-electron chi connectivity index (χ3n) is 2.64. The van der Waals surface area contributed by atoms with Crippen molar-refractivity contribution in [1.29, 1.82) is 0 Å². The lowest BCUT2D eigenvalue weighted by Gasteiger charge is -2.23. The largest absolute Gasteiger partial charge is 0.457 e. The molecule has 0 aliphatic heterocycles. The topological polar surface area (TPSA) is 66.8 Å². The van der Waals surface area contributed by atoms with E-state index in [2.05, 4.69) is 0 Å². The maximum atomic E-state index is 11.7. The zero-order chi connectivity index (χ0) is 14.5. The summed E-state index contributed by atoms with van der Waals surface area (Å²) in [5, 5.41) is 18.9. The molecule has 0 saturated heterocycles. The first-order valence-electron chi connectivity index (χ1n) is 6.29. The molecule has 4 nitrogen and oxygen atoms in total. The van der Waals surface area contributed by atoms with Crippen LogP contribution in [-0.4, -0.2) is 34.5 Å². The Labute approximate surface area is 110 Å². The van der Waals surface area contributed by atoms with Crippen LogP contribution in [0.3, 0.4) is 0 Å². The Morgan fingerprint density at radius 1 is 1.33 bits per heavy atom. The van der Waals surface area contributed by atoms with Crippen molar-refractivity contribution < 1.29 is 19.7 Å². The number of aliphatic hydroxyl groups excluding tert-OH is 2. The third-order valence-corrected chi connectivity index (χ3v) is 2.64. The number of hydrogen-bond acceptors (Lipinski definition) is 4. The quantitative estimate of drug-likeness (QED) is 0.584. The molecule has 0 spiro atoms. The van der Waals surface area contributed by atoms with Gasteiger partial charge in [0.05, 0.1) is 6.10 Å². The fourth-order valence-electron chi connectivity index (χ4n) is 1.55. The average Bonchev–Trinajstić information content (AvgIpc) is 2.24. The van der Waals surface area contributed by atoms with Crippen molar-refractivity contribution in [1.82, 2.24) is 0 Å². The molecule has 0 heterocycles. The zero-order valence-corrected chi connectivity index (χ0v) is 12.2. The summed E-state index contributed by atoms with van der Waals surface area (Å²) in [7, 11) is 0. The number of carbonyl (C=O) groups is 1. The predicted molar refractivity (Wildman–Crippen MR) is 71.0 cm³/mol. The van der Waals surface area contributed by atoms with E-state index in [1.165, 1.54) is 0 Å². The van der Waals surface area contributed by atoms with Gasteiger partial charge in [-0.15, -0.1) is 0 Å². The highest BCUT2D eigenvalue weighted by Crippen LogP contribution is 2.17. The Bertz CT molecular complexity index is 301. The summed E-state index contributed by atoms with van der Waals surface area (Å²) < 4.78 is 5.23. The highest BCUT2D eigenvalue weighted by Gasteiger charge is 2.22. The summed E-state index contributed by atoms with van der Waals surface area (Å²) in [4.78, 5) is 11.7. The fraction of sp³-hybridized carbons (Fsp3) is 0.786. The molecule has 0 radical (unpaired) electrons. The van der Waals surface area contributed by atoms with Gasteiger partial charge in [0.25, 0.3) is 0 Å². The van der Waals surface area contributed by atoms with E-state index in [4.69, 9.17) is 9.84 Å². The van der Waals surface area contributed by atoms with Gasteiger partial charge in [0, 0.05) is 24.0 Å². The lowest BCUT2D eigenvalue weighted by Crippen LogP contribution is -2.28. The number of esters is 1. The van der Waals surface area contributed by atoms with Gasteiger partial charge < -0.3 is 14.9 Å². The molecule has 2 N–H and O–H groups in total. The van der Waals surface area contributed by atoms with Crippen LogP contribution in [0.4, 0.5) is 0 Å². The molecule has 106 valence electrons. The lowest BCUT2D eigenvalue weighted by atomic mass is 9.92. The summed E-state index contributed by atoms with van der Waals surface area (Å²) >= 11 is 0. The highest BCUT2D eigenvalue weighted by molar-refractivity contribution is 5.88. The van der Waals surface area contributed by atoms with Gasteiger partial charge in [-0.2, -0.15) is 0 Å². The second kappa shape index (κ2) is 6.90. The van der Waals surface area contributed by atoms with Gasteiger partial charge in [-0.05, 0) is 27.7 Å². The number of carbonyl (C=O) groups excluding carboxylic acids is 1. The highest BCUT2D eigenvalue weighted by atomic mass is 16.6. The molecule has 0 unspecified atom stereocenters. The first-order chi connectivity index (χ1) is 8.08. The maximum absolute atomic E-state index is 11.7. The van der Waals surface area contributed by atoms with Crippen molar-refractivity contribution in [3.8, 4) is 0 Å². The van der Waals surface area contributed by atoms with E-state index in [-0.39, 0.29) is 24.4 Å². The summed E-state index contributed by atoms with van der Waals surface area (Å²) in [6.45, 7) is 10.6. The maximum Gasteiger partial charge on any atom is 0.333 e. The van der Waals surface area contributed by atoms with Crippen molar-refractivity contribution in [3.63, 3.8) is 0 Å². The van der Waals surface area contributed by atoms with Crippen LogP contribution >= 0.6 is 0 Å². The summed E-state index contributed by atoms with van der Waals surface area (Å²) in [5.41, 5.74) is -0.0477. The molecule has 0 aromatic rings. The zero-order valence-electron chi connectivity index (χ0n) is 12.2. The number of aliphatic hydroxyl groups is 2. The molecule has 0 saturated carbocycles. The van der Waals surface area contributed by atoms with Gasteiger partial charge in [-0.25, -0.2) is 4.79 Å². The Kier molecular flexibility index (Phi) is 6.57. The van der Waals surface area contributed by atoms with Crippen LogP contribution in [0.1, 0.15) is 41.5 Å². The molecule has 0 aliphatic rings. The molecule has 0 amide bonds. The summed E-state index contributed by atoms with van der Waals surface area (Å²) in [6, 6.07) is 0. The van der Waals surface area contributed by atoms with E-state index in [1.54, 1.807) is 19.9 Å². The summed E-state index contributed by atoms with van der Waals surface area (Å²) in [5.74, 6) is -0.805. The van der Waals surface area contributed by atoms with E-state index < -0.39 is 11.7 Å². The second-order valence-corrected chi connectivity index (χ2v) is 5.86. The molecular formula is C14H26O4. The first-order valence-corrected chi connectivity index (χ1v) is 6.29. The van der Waals surface area contributed by atoms with Gasteiger partial charge >= 0.3 is 5.97 Å². The van der Waals surface area contributed by atoms with Crippen molar-refractivity contribution in [3.05, 3.63) is 11.6 Å². The molecule has 0 aromatic heterocycles. The molecular weight excluding hydrogens is 232 g/mol. The van der Waals surface area contributed by atoms with Crippen molar-refractivity contribution in [2.45, 2.75) is 53.2 Å². The minimum Gasteiger partial charge on any atom is -0.457 e. The fourth-order valence-corrected chi connectivity index (χ4v) is 1.55. The number of hydrogen-bond donors (Lipinski definition) is 2. The van der Waals surface area contributed by atoms with Crippen LogP contribution in [0.5, 0.6) is 0 Å². The third kappa shape index (κ3) is 6.17. The van der Waals surface area contributed by atoms with Gasteiger partial charge in [-0.1, -0.05) is 19.9 Å². The second-order valence-electron chi connectivity index (χ2n) is 5.86. The first kappa shape index (κ1) is 17.1. The van der Waals surface area contributed by atoms with E-state index in [1.807, 2.05) is 27.7 Å². The Hall–Kier alpha value is -0.870. The van der Waals surface area contributed by atoms with E-state index in [0.717, 1.165) is 0 Å². The molecule has 18 heavy (non-hydrogen) atoms. The molecule has 0 aromatic carbocycles. The van der Waals surface area contributed by atoms with E-state index >= 15 is 0 Å². The molecule has 0 rings (SSSR count). The van der Waals surface area contributed by atoms with E-state index in [0.29, 0.717) is 5.57 Å². The number of rotatable bonds is 5. The normalized spacial score (nSPS) is 18.1. The van der Waals surface area contributed by atoms with Gasteiger partial charge in [-0.3, -0.25) is 0 Å². The van der Waals surface area contributed by atoms with Gasteiger partial charge in [0.1, 0.15) is 5.60 Å². The smallest absolute Gasteiger partial charge is 0.333 e. The minimum absolute atomic E-state index is 0.0785. The molecule has 0 aliphatic carbocycles. The van der Waals surface area contributed by atoms with Crippen molar-refractivity contribution in [2.75, 3.05) is 6.61 Å². The minimum atomic E-state index is -0.674. The van der Waals surface area contributed by atoms with E-state index in [9.17, 15) is 9.90 Å². The Morgan fingerprint density at radius 2 is 1.83 bits per heavy atom. The van der Waals surface area contributed by atoms with Crippen LogP contribution in [0.2, 0.25) is 0 Å². The van der Waals surface area contributed by atoms with Crippen molar-refractivity contribution in [2.24, 2.45) is 11.8 Å². The van der Waals surface area contributed by atoms with Crippen LogP contribution in [-0.2, 0) is 9.53 Å². The van der Waals surface area contributed by atoms with Crippen LogP contribution in [0.15, 0.2) is 11.6 Å². The SMILES string of the molecule is C/C(=C\[C@H](C)[C@H](O)[C@H](C)CO)C(=O)OC(C)(C)C. The monoisotopic (exact) mass is 258 g/mol. The van der Waals surface area contributed by atoms with Gasteiger partial charge in [0.15, 0.2) is 0 Å². The Morgan fingerprint density at radius 3 is 2.22 bits per heavy atom. The molecule has 0 fully saturated rings. The van der Waals surface area contributed by atoms with Gasteiger partial charge in [0.2, 0.25) is 0 Å².